The summed E-state index contributed by atoms with van der Waals surface area (Å²) < 4.78 is 11.4. The molecule has 1 rings (SSSR count). The third kappa shape index (κ3) is 3.94. The van der Waals surface area contributed by atoms with Gasteiger partial charge >= 0.3 is 0 Å². The molecule has 0 aromatic heterocycles. The molecule has 1 unspecified atom stereocenters. The molecule has 1 atom stereocenters. The van der Waals surface area contributed by atoms with Crippen molar-refractivity contribution in [2.45, 2.75) is 76.0 Å². The highest BCUT2D eigenvalue weighted by Crippen LogP contribution is 2.36. The van der Waals surface area contributed by atoms with Crippen LogP contribution in [-0.2, 0) is 9.47 Å². The molecule has 3 nitrogen and oxygen atoms in total. The Morgan fingerprint density at radius 2 is 1.78 bits per heavy atom. The van der Waals surface area contributed by atoms with E-state index in [1.807, 2.05) is 7.11 Å². The Morgan fingerprint density at radius 3 is 2.22 bits per heavy atom. The second kappa shape index (κ2) is 6.88. The van der Waals surface area contributed by atoms with Crippen molar-refractivity contribution >= 4 is 0 Å². The second-order valence-corrected chi connectivity index (χ2v) is 6.17. The third-order valence-electron chi connectivity index (χ3n) is 4.68. The number of ether oxygens (including phenoxy) is 2. The summed E-state index contributed by atoms with van der Waals surface area (Å²) >= 11 is 0. The van der Waals surface area contributed by atoms with Gasteiger partial charge in [0.2, 0.25) is 0 Å². The van der Waals surface area contributed by atoms with Gasteiger partial charge in [-0.3, -0.25) is 0 Å². The molecule has 0 saturated heterocycles. The monoisotopic (exact) mass is 257 g/mol. The van der Waals surface area contributed by atoms with E-state index in [2.05, 4.69) is 26.2 Å². The first-order valence-corrected chi connectivity index (χ1v) is 7.27. The fraction of sp³-hybridized carbons (Fsp3) is 1.00. The summed E-state index contributed by atoms with van der Waals surface area (Å²) in [5.74, 6) is 0. The molecule has 108 valence electrons. The van der Waals surface area contributed by atoms with Gasteiger partial charge in [0, 0.05) is 20.3 Å². The smallest absolute Gasteiger partial charge is 0.0830 e. The van der Waals surface area contributed by atoms with Gasteiger partial charge in [-0.25, -0.2) is 0 Å². The molecule has 0 radical (unpaired) electrons. The molecule has 1 aliphatic carbocycles. The van der Waals surface area contributed by atoms with Crippen molar-refractivity contribution in [3.05, 3.63) is 0 Å². The summed E-state index contributed by atoms with van der Waals surface area (Å²) in [6, 6.07) is 0.428. The van der Waals surface area contributed by atoms with E-state index in [9.17, 15) is 0 Å². The Hall–Kier alpha value is -0.120. The third-order valence-corrected chi connectivity index (χ3v) is 4.68. The van der Waals surface area contributed by atoms with Crippen LogP contribution in [0.2, 0.25) is 0 Å². The maximum atomic E-state index is 5.93. The van der Waals surface area contributed by atoms with Crippen LogP contribution in [0.3, 0.4) is 0 Å². The van der Waals surface area contributed by atoms with Crippen LogP contribution in [0, 0.1) is 0 Å². The highest BCUT2D eigenvalue weighted by molar-refractivity contribution is 4.95. The highest BCUT2D eigenvalue weighted by Gasteiger charge is 2.39. The number of likely N-dealkylation sites (N-methyl/N-ethyl adjacent to an activating group) is 1. The maximum absolute atomic E-state index is 5.93. The summed E-state index contributed by atoms with van der Waals surface area (Å²) in [7, 11) is 5.72. The molecule has 1 N–H and O–H groups in total. The Balaban J connectivity index is 2.62. The maximum Gasteiger partial charge on any atom is 0.0830 e. The van der Waals surface area contributed by atoms with Gasteiger partial charge in [0.05, 0.1) is 11.2 Å². The van der Waals surface area contributed by atoms with Crippen LogP contribution in [0.15, 0.2) is 0 Å². The first-order valence-electron chi connectivity index (χ1n) is 7.27. The molecule has 1 saturated carbocycles. The van der Waals surface area contributed by atoms with Gasteiger partial charge in [-0.2, -0.15) is 0 Å². The van der Waals surface area contributed by atoms with Crippen LogP contribution >= 0.6 is 0 Å². The minimum atomic E-state index is -0.0430. The SMILES string of the molecule is CNC(CCC(C)(C)OC)C1(OC)CCCCC1. The van der Waals surface area contributed by atoms with Crippen molar-refractivity contribution < 1.29 is 9.47 Å². The molecular formula is C15H31NO2. The molecule has 3 heteroatoms. The minimum Gasteiger partial charge on any atom is -0.379 e. The van der Waals surface area contributed by atoms with E-state index in [1.165, 1.54) is 32.1 Å². The normalized spacial score (nSPS) is 21.8. The molecule has 1 aliphatic rings. The van der Waals surface area contributed by atoms with Crippen molar-refractivity contribution in [1.29, 1.82) is 0 Å². The Bertz CT molecular complexity index is 235. The van der Waals surface area contributed by atoms with Crippen molar-refractivity contribution in [3.63, 3.8) is 0 Å². The van der Waals surface area contributed by atoms with Crippen LogP contribution in [0.5, 0.6) is 0 Å². The molecule has 0 spiro atoms. The van der Waals surface area contributed by atoms with E-state index in [1.54, 1.807) is 7.11 Å². The van der Waals surface area contributed by atoms with E-state index < -0.39 is 0 Å². The topological polar surface area (TPSA) is 30.5 Å². The van der Waals surface area contributed by atoms with Crippen LogP contribution in [0.4, 0.5) is 0 Å². The Morgan fingerprint density at radius 1 is 1.17 bits per heavy atom. The summed E-state index contributed by atoms with van der Waals surface area (Å²) in [6.45, 7) is 4.31. The molecule has 1 fully saturated rings. The van der Waals surface area contributed by atoms with Gasteiger partial charge in [-0.15, -0.1) is 0 Å². The van der Waals surface area contributed by atoms with Crippen LogP contribution in [-0.4, -0.2) is 38.5 Å². The first kappa shape index (κ1) is 15.9. The predicted octanol–water partition coefficient (Wildman–Crippen LogP) is 3.13. The van der Waals surface area contributed by atoms with Crippen molar-refractivity contribution in [2.75, 3.05) is 21.3 Å². The molecule has 0 aliphatic heterocycles. The second-order valence-electron chi connectivity index (χ2n) is 6.17. The number of hydrogen-bond donors (Lipinski definition) is 1. The van der Waals surface area contributed by atoms with Gasteiger partial charge in [-0.05, 0) is 46.6 Å². The van der Waals surface area contributed by atoms with Crippen LogP contribution in [0.25, 0.3) is 0 Å². The lowest BCUT2D eigenvalue weighted by molar-refractivity contribution is -0.0741. The fourth-order valence-electron chi connectivity index (χ4n) is 3.11. The van der Waals surface area contributed by atoms with E-state index >= 15 is 0 Å². The molecule has 0 aromatic rings. The molecular weight excluding hydrogens is 226 g/mol. The molecule has 0 heterocycles. The average molecular weight is 257 g/mol. The van der Waals surface area contributed by atoms with Gasteiger partial charge in [0.25, 0.3) is 0 Å². The van der Waals surface area contributed by atoms with Crippen LogP contribution in [0.1, 0.15) is 58.8 Å². The van der Waals surface area contributed by atoms with Crippen LogP contribution < -0.4 is 5.32 Å². The van der Waals surface area contributed by atoms with Crippen molar-refractivity contribution in [1.82, 2.24) is 5.32 Å². The van der Waals surface area contributed by atoms with E-state index in [0.717, 1.165) is 12.8 Å². The predicted molar refractivity (Wildman–Crippen MR) is 76.0 cm³/mol. The molecule has 0 amide bonds. The number of methoxy groups -OCH3 is 2. The molecule has 0 bridgehead atoms. The summed E-state index contributed by atoms with van der Waals surface area (Å²) in [4.78, 5) is 0. The quantitative estimate of drug-likeness (QED) is 0.760. The lowest BCUT2D eigenvalue weighted by Crippen LogP contribution is -2.52. The first-order chi connectivity index (χ1) is 8.49. The zero-order valence-electron chi connectivity index (χ0n) is 12.8. The summed E-state index contributed by atoms with van der Waals surface area (Å²) in [5.41, 5.74) is -0.00444. The van der Waals surface area contributed by atoms with Crippen molar-refractivity contribution in [3.8, 4) is 0 Å². The van der Waals surface area contributed by atoms with Crippen molar-refractivity contribution in [2.24, 2.45) is 0 Å². The Kier molecular flexibility index (Phi) is 6.09. The van der Waals surface area contributed by atoms with Gasteiger partial charge in [0.1, 0.15) is 0 Å². The standard InChI is InChI=1S/C15H31NO2/c1-14(2,17-4)12-9-13(16-3)15(18-5)10-7-6-8-11-15/h13,16H,6-12H2,1-5H3. The van der Waals surface area contributed by atoms with E-state index in [0.29, 0.717) is 6.04 Å². The highest BCUT2D eigenvalue weighted by atomic mass is 16.5. The fourth-order valence-corrected chi connectivity index (χ4v) is 3.11. The average Bonchev–Trinajstić information content (AvgIpc) is 2.40. The minimum absolute atomic E-state index is 0.0385. The number of nitrogens with one attached hydrogen (secondary N) is 1. The van der Waals surface area contributed by atoms with E-state index in [4.69, 9.17) is 9.47 Å². The number of hydrogen-bond acceptors (Lipinski definition) is 3. The summed E-state index contributed by atoms with van der Waals surface area (Å²) in [6.07, 6.45) is 8.46. The van der Waals surface area contributed by atoms with Gasteiger partial charge in [-0.1, -0.05) is 19.3 Å². The zero-order chi connectivity index (χ0) is 13.6. The summed E-state index contributed by atoms with van der Waals surface area (Å²) in [5, 5.41) is 3.48. The lowest BCUT2D eigenvalue weighted by atomic mass is 9.77. The molecule has 18 heavy (non-hydrogen) atoms. The zero-order valence-corrected chi connectivity index (χ0v) is 12.8. The number of rotatable bonds is 7. The van der Waals surface area contributed by atoms with Gasteiger partial charge in [0.15, 0.2) is 0 Å². The van der Waals surface area contributed by atoms with E-state index in [-0.39, 0.29) is 11.2 Å². The van der Waals surface area contributed by atoms with Gasteiger partial charge < -0.3 is 14.8 Å². The Labute approximate surface area is 113 Å². The lowest BCUT2D eigenvalue weighted by Gasteiger charge is -2.43. The molecule has 0 aromatic carbocycles. The largest absolute Gasteiger partial charge is 0.379 e.